The highest BCUT2D eigenvalue weighted by atomic mass is 19.1. The van der Waals surface area contributed by atoms with E-state index in [2.05, 4.69) is 10.3 Å². The molecule has 3 aromatic rings. The predicted octanol–water partition coefficient (Wildman–Crippen LogP) is 3.11. The zero-order valence-electron chi connectivity index (χ0n) is 21.0. The lowest BCUT2D eigenvalue weighted by Gasteiger charge is -2.16. The van der Waals surface area contributed by atoms with Gasteiger partial charge in [-0.3, -0.25) is 14.2 Å². The molecule has 37 heavy (non-hydrogen) atoms. The van der Waals surface area contributed by atoms with Crippen LogP contribution in [0.1, 0.15) is 38.3 Å². The smallest absolute Gasteiger partial charge is 0.355 e. The van der Waals surface area contributed by atoms with Crippen molar-refractivity contribution in [2.75, 3.05) is 5.32 Å². The molecule has 0 saturated carbocycles. The van der Waals surface area contributed by atoms with Crippen molar-refractivity contribution in [3.8, 4) is 5.75 Å². The first-order chi connectivity index (χ1) is 17.4. The second kappa shape index (κ2) is 11.6. The summed E-state index contributed by atoms with van der Waals surface area (Å²) in [6.07, 6.45) is -0.577. The van der Waals surface area contributed by atoms with E-state index in [4.69, 9.17) is 9.84 Å². The summed E-state index contributed by atoms with van der Waals surface area (Å²) in [7, 11) is 0. The van der Waals surface area contributed by atoms with Gasteiger partial charge in [0.25, 0.3) is 0 Å². The van der Waals surface area contributed by atoms with Gasteiger partial charge in [0, 0.05) is 18.2 Å². The van der Waals surface area contributed by atoms with Crippen molar-refractivity contribution in [1.82, 2.24) is 14.1 Å². The first-order valence-corrected chi connectivity index (χ1v) is 11.7. The van der Waals surface area contributed by atoms with Gasteiger partial charge in [-0.15, -0.1) is 0 Å². The predicted molar refractivity (Wildman–Crippen MR) is 135 cm³/mol. The molecule has 2 aromatic carbocycles. The second-order valence-corrected chi connectivity index (χ2v) is 9.08. The van der Waals surface area contributed by atoms with Gasteiger partial charge in [-0.2, -0.15) is 4.98 Å². The molecule has 0 amide bonds. The highest BCUT2D eigenvalue weighted by Crippen LogP contribution is 2.24. The lowest BCUT2D eigenvalue weighted by molar-refractivity contribution is -0.143. The monoisotopic (exact) mass is 512 g/mol. The molecule has 0 bridgehead atoms. The molecule has 0 saturated heterocycles. The summed E-state index contributed by atoms with van der Waals surface area (Å²) in [5.41, 5.74) is 0.140. The number of halogens is 1. The van der Waals surface area contributed by atoms with Crippen LogP contribution < -0.4 is 21.4 Å². The average Bonchev–Trinajstić information content (AvgIpc) is 2.82. The van der Waals surface area contributed by atoms with Crippen molar-refractivity contribution in [2.45, 2.75) is 53.3 Å². The maximum atomic E-state index is 14.5. The van der Waals surface area contributed by atoms with Crippen LogP contribution in [0.4, 0.5) is 16.0 Å². The number of carbonyl (C=O) groups excluding carboxylic acids is 1. The number of anilines is 2. The molecule has 1 atom stereocenters. The molecular formula is C26H29FN4O6. The molecule has 0 aliphatic heterocycles. The van der Waals surface area contributed by atoms with Crippen LogP contribution in [0.15, 0.2) is 52.1 Å². The van der Waals surface area contributed by atoms with Crippen LogP contribution in [0.5, 0.6) is 5.75 Å². The van der Waals surface area contributed by atoms with Gasteiger partial charge in [0.15, 0.2) is 17.3 Å². The first kappa shape index (κ1) is 27.3. The third kappa shape index (κ3) is 7.12. The lowest BCUT2D eigenvalue weighted by Crippen LogP contribution is -2.44. The van der Waals surface area contributed by atoms with Crippen LogP contribution in [-0.4, -0.2) is 37.1 Å². The summed E-state index contributed by atoms with van der Waals surface area (Å²) in [5, 5.41) is 11.9. The van der Waals surface area contributed by atoms with E-state index in [1.807, 2.05) is 19.1 Å². The van der Waals surface area contributed by atoms with Crippen molar-refractivity contribution in [3.05, 3.63) is 80.4 Å². The second-order valence-electron chi connectivity index (χ2n) is 9.08. The highest BCUT2D eigenvalue weighted by Gasteiger charge is 2.20. The summed E-state index contributed by atoms with van der Waals surface area (Å²) in [5.74, 6) is -3.46. The van der Waals surface area contributed by atoms with Crippen molar-refractivity contribution in [1.29, 1.82) is 0 Å². The maximum absolute atomic E-state index is 14.5. The number of aliphatic carboxylic acids is 1. The molecule has 0 aliphatic rings. The van der Waals surface area contributed by atoms with Gasteiger partial charge in [0.1, 0.15) is 0 Å². The van der Waals surface area contributed by atoms with Gasteiger partial charge < -0.3 is 15.2 Å². The number of benzene rings is 2. The van der Waals surface area contributed by atoms with Gasteiger partial charge in [-0.1, -0.05) is 36.8 Å². The number of ketones is 1. The summed E-state index contributed by atoms with van der Waals surface area (Å²) in [6, 6.07) is 11.4. The number of carbonyl (C=O) groups is 2. The SMILES string of the molecule is Cc1ccc(Cn2c(Nc3ccc(OC(C)C)c(F)c3)nc(=O)n(CC(=O)C[C@H](C)C(=O)O)c2=O)cc1. The van der Waals surface area contributed by atoms with Gasteiger partial charge in [-0.05, 0) is 38.5 Å². The van der Waals surface area contributed by atoms with E-state index in [1.165, 1.54) is 19.1 Å². The summed E-state index contributed by atoms with van der Waals surface area (Å²) < 4.78 is 21.8. The van der Waals surface area contributed by atoms with Crippen LogP contribution in [0.3, 0.4) is 0 Å². The number of aryl methyl sites for hydroxylation is 1. The van der Waals surface area contributed by atoms with E-state index in [9.17, 15) is 23.6 Å². The fourth-order valence-electron chi connectivity index (χ4n) is 3.51. The Kier molecular flexibility index (Phi) is 8.59. The summed E-state index contributed by atoms with van der Waals surface area (Å²) >= 11 is 0. The van der Waals surface area contributed by atoms with Gasteiger partial charge >= 0.3 is 17.3 Å². The molecule has 0 unspecified atom stereocenters. The summed E-state index contributed by atoms with van der Waals surface area (Å²) in [6.45, 7) is 6.19. The molecule has 0 radical (unpaired) electrons. The molecule has 1 aromatic heterocycles. The Morgan fingerprint density at radius 3 is 2.35 bits per heavy atom. The molecule has 0 spiro atoms. The maximum Gasteiger partial charge on any atom is 0.355 e. The van der Waals surface area contributed by atoms with Gasteiger partial charge in [-0.25, -0.2) is 18.5 Å². The molecule has 3 rings (SSSR count). The van der Waals surface area contributed by atoms with Crippen molar-refractivity contribution in [2.24, 2.45) is 5.92 Å². The minimum absolute atomic E-state index is 0.00543. The van der Waals surface area contributed by atoms with Crippen molar-refractivity contribution in [3.63, 3.8) is 0 Å². The van der Waals surface area contributed by atoms with Crippen LogP contribution in [0.25, 0.3) is 0 Å². The van der Waals surface area contributed by atoms with Crippen LogP contribution >= 0.6 is 0 Å². The van der Waals surface area contributed by atoms with Crippen LogP contribution in [-0.2, 0) is 22.7 Å². The number of Topliss-reactive ketones (excluding diaryl/α,β-unsaturated/α-hetero) is 1. The normalized spacial score (nSPS) is 11.8. The zero-order valence-corrected chi connectivity index (χ0v) is 21.0. The molecule has 10 nitrogen and oxygen atoms in total. The zero-order chi connectivity index (χ0) is 27.3. The fourth-order valence-corrected chi connectivity index (χ4v) is 3.51. The standard InChI is InChI=1S/C26H29FN4O6/c1-15(2)37-22-10-9-19(12-21(22)27)28-24-29-25(35)31(14-20(32)11-17(4)23(33)34)26(36)30(24)13-18-7-5-16(3)6-8-18/h5-10,12,15,17H,11,13-14H2,1-4H3,(H,33,34)(H,28,29,35)/t17-/m0/s1. The number of rotatable bonds is 11. The Morgan fingerprint density at radius 2 is 1.76 bits per heavy atom. The van der Waals surface area contributed by atoms with Crippen LogP contribution in [0.2, 0.25) is 0 Å². The quantitative estimate of drug-likeness (QED) is 0.401. The molecule has 0 aliphatic carbocycles. The number of ether oxygens (including phenoxy) is 1. The van der Waals surface area contributed by atoms with Gasteiger partial charge in [0.05, 0.1) is 25.1 Å². The topological polar surface area (TPSA) is 133 Å². The number of carboxylic acid groups (broad SMARTS) is 1. The number of nitrogens with one attached hydrogen (secondary N) is 1. The molecule has 196 valence electrons. The summed E-state index contributed by atoms with van der Waals surface area (Å²) in [4.78, 5) is 53.5. The fraction of sp³-hybridized carbons (Fsp3) is 0.346. The van der Waals surface area contributed by atoms with E-state index in [-0.39, 0.29) is 36.5 Å². The average molecular weight is 513 g/mol. The largest absolute Gasteiger partial charge is 0.488 e. The van der Waals surface area contributed by atoms with E-state index >= 15 is 0 Å². The van der Waals surface area contributed by atoms with Crippen molar-refractivity contribution < 1.29 is 23.8 Å². The van der Waals surface area contributed by atoms with E-state index < -0.39 is 41.4 Å². The number of aromatic nitrogens is 3. The Hall–Kier alpha value is -4.28. The molecule has 11 heteroatoms. The highest BCUT2D eigenvalue weighted by molar-refractivity contribution is 5.83. The molecule has 0 fully saturated rings. The Morgan fingerprint density at radius 1 is 1.08 bits per heavy atom. The Labute approximate surface area is 212 Å². The van der Waals surface area contributed by atoms with Crippen LogP contribution in [0, 0.1) is 18.7 Å². The molecule has 1 heterocycles. The Balaban J connectivity index is 2.01. The molecule has 2 N–H and O–H groups in total. The van der Waals surface area contributed by atoms with E-state index in [1.54, 1.807) is 26.0 Å². The number of carboxylic acids is 1. The minimum Gasteiger partial charge on any atom is -0.488 e. The minimum atomic E-state index is -1.16. The number of nitrogens with zero attached hydrogens (tertiary/aromatic N) is 3. The van der Waals surface area contributed by atoms with Crippen molar-refractivity contribution >= 4 is 23.4 Å². The Bertz CT molecular complexity index is 1410. The third-order valence-electron chi connectivity index (χ3n) is 5.45. The third-order valence-corrected chi connectivity index (χ3v) is 5.45. The number of hydrogen-bond acceptors (Lipinski definition) is 7. The van der Waals surface area contributed by atoms with E-state index in [0.717, 1.165) is 21.8 Å². The van der Waals surface area contributed by atoms with Gasteiger partial charge in [0.2, 0.25) is 5.95 Å². The van der Waals surface area contributed by atoms with E-state index in [0.29, 0.717) is 4.57 Å². The first-order valence-electron chi connectivity index (χ1n) is 11.7. The lowest BCUT2D eigenvalue weighted by atomic mass is 10.1. The number of hydrogen-bond donors (Lipinski definition) is 2. The molecular weight excluding hydrogens is 483 g/mol.